The third kappa shape index (κ3) is 3.59. The molecule has 0 rings (SSSR count). The van der Waals surface area contributed by atoms with E-state index in [9.17, 15) is 9.90 Å². The van der Waals surface area contributed by atoms with Gasteiger partial charge in [0.25, 0.3) is 0 Å². The number of carbonyl (C=O) groups excluding carboxylic acids is 1. The number of carboxylic acid groups (broad SMARTS) is 1. The van der Waals surface area contributed by atoms with Crippen LogP contribution in [0.25, 0.3) is 0 Å². The molecule has 0 fully saturated rings. The highest BCUT2D eigenvalue weighted by Gasteiger charge is 2.28. The predicted octanol–water partition coefficient (Wildman–Crippen LogP) is 1.74. The Labute approximate surface area is 80.4 Å². The zero-order valence-corrected chi connectivity index (χ0v) is 9.09. The molecule has 0 aromatic heterocycles. The van der Waals surface area contributed by atoms with Gasteiger partial charge in [-0.3, -0.25) is 0 Å². The van der Waals surface area contributed by atoms with Crippen LogP contribution in [0.2, 0.25) is 0 Å². The van der Waals surface area contributed by atoms with E-state index in [-0.39, 0.29) is 12.1 Å². The molecule has 0 heterocycles. The molecule has 0 amide bonds. The highest BCUT2D eigenvalue weighted by atomic mass is 16.4. The normalized spacial score (nSPS) is 14.5. The van der Waals surface area contributed by atoms with Gasteiger partial charge < -0.3 is 16.1 Å². The van der Waals surface area contributed by atoms with Gasteiger partial charge in [0, 0.05) is 11.4 Å². The van der Waals surface area contributed by atoms with Gasteiger partial charge in [-0.2, -0.15) is 0 Å². The van der Waals surface area contributed by atoms with Gasteiger partial charge in [0.15, 0.2) is 0 Å². The quantitative estimate of drug-likeness (QED) is 0.665. The minimum Gasteiger partial charge on any atom is -0.550 e. The summed E-state index contributed by atoms with van der Waals surface area (Å²) in [6.45, 7) is 9.11. The molecule has 0 aliphatic heterocycles. The number of rotatable bonds is 5. The van der Waals surface area contributed by atoms with Crippen molar-refractivity contribution in [2.75, 3.05) is 0 Å². The molecule has 78 valence electrons. The van der Waals surface area contributed by atoms with Crippen LogP contribution >= 0.6 is 0 Å². The van der Waals surface area contributed by atoms with Crippen LogP contribution in [0.5, 0.6) is 0 Å². The Balaban J connectivity index is 0. The zero-order valence-electron chi connectivity index (χ0n) is 9.09. The Morgan fingerprint density at radius 3 is 2.31 bits per heavy atom. The van der Waals surface area contributed by atoms with E-state index in [2.05, 4.69) is 6.58 Å². The number of allylic oxidation sites excluding steroid dienone is 1. The van der Waals surface area contributed by atoms with E-state index in [1.165, 1.54) is 0 Å². The SMILES string of the molecule is C=CCCC(C)(C(=O)[O-])C(C)C.[NH4+]. The van der Waals surface area contributed by atoms with Crippen LogP contribution < -0.4 is 11.3 Å². The zero-order chi connectivity index (χ0) is 9.78. The highest BCUT2D eigenvalue weighted by molar-refractivity contribution is 5.72. The van der Waals surface area contributed by atoms with Gasteiger partial charge in [-0.1, -0.05) is 26.8 Å². The fourth-order valence-corrected chi connectivity index (χ4v) is 1.03. The molecule has 0 saturated carbocycles. The van der Waals surface area contributed by atoms with Crippen molar-refractivity contribution in [3.8, 4) is 0 Å². The van der Waals surface area contributed by atoms with Crippen molar-refractivity contribution in [3.05, 3.63) is 12.7 Å². The molecule has 0 saturated heterocycles. The summed E-state index contributed by atoms with van der Waals surface area (Å²) in [5, 5.41) is 10.8. The number of aliphatic carboxylic acids is 1. The molecular formula is C10H21NO2. The van der Waals surface area contributed by atoms with Crippen LogP contribution in [0.4, 0.5) is 0 Å². The Morgan fingerprint density at radius 2 is 2.08 bits per heavy atom. The molecule has 1 unspecified atom stereocenters. The lowest BCUT2D eigenvalue weighted by atomic mass is 9.75. The molecule has 1 atom stereocenters. The summed E-state index contributed by atoms with van der Waals surface area (Å²) in [5.41, 5.74) is -0.714. The van der Waals surface area contributed by atoms with E-state index in [1.807, 2.05) is 13.8 Å². The van der Waals surface area contributed by atoms with Crippen LogP contribution in [-0.2, 0) is 4.79 Å². The third-order valence-electron chi connectivity index (χ3n) is 2.61. The summed E-state index contributed by atoms with van der Waals surface area (Å²) < 4.78 is 0. The molecule has 0 radical (unpaired) electrons. The lowest BCUT2D eigenvalue weighted by Gasteiger charge is -2.34. The van der Waals surface area contributed by atoms with Crippen molar-refractivity contribution in [2.45, 2.75) is 33.6 Å². The summed E-state index contributed by atoms with van der Waals surface area (Å²) in [6.07, 6.45) is 3.07. The standard InChI is InChI=1S/C10H18O2.H3N/c1-5-6-7-10(4,8(2)3)9(11)12;/h5,8H,1,6-7H2,2-4H3,(H,11,12);1H3. The Bertz CT molecular complexity index is 178. The molecule has 0 aliphatic carbocycles. The summed E-state index contributed by atoms with van der Waals surface area (Å²) >= 11 is 0. The number of hydrogen-bond acceptors (Lipinski definition) is 2. The van der Waals surface area contributed by atoms with Gasteiger partial charge in [0.1, 0.15) is 0 Å². The van der Waals surface area contributed by atoms with Gasteiger partial charge in [0.2, 0.25) is 0 Å². The van der Waals surface area contributed by atoms with E-state index in [0.29, 0.717) is 6.42 Å². The van der Waals surface area contributed by atoms with Crippen LogP contribution in [0.15, 0.2) is 12.7 Å². The number of carbonyl (C=O) groups is 1. The van der Waals surface area contributed by atoms with E-state index in [0.717, 1.165) is 6.42 Å². The van der Waals surface area contributed by atoms with Gasteiger partial charge in [-0.15, -0.1) is 6.58 Å². The molecule has 3 nitrogen and oxygen atoms in total. The van der Waals surface area contributed by atoms with Crippen LogP contribution in [0.3, 0.4) is 0 Å². The summed E-state index contributed by atoms with van der Waals surface area (Å²) in [6, 6.07) is 0. The van der Waals surface area contributed by atoms with E-state index < -0.39 is 11.4 Å². The second kappa shape index (κ2) is 5.75. The Hall–Kier alpha value is -0.830. The van der Waals surface area contributed by atoms with Gasteiger partial charge >= 0.3 is 0 Å². The molecule has 4 N–H and O–H groups in total. The lowest BCUT2D eigenvalue weighted by molar-refractivity contribution is -0.321. The number of hydrogen-bond donors (Lipinski definition) is 1. The van der Waals surface area contributed by atoms with Crippen molar-refractivity contribution >= 4 is 5.97 Å². The van der Waals surface area contributed by atoms with Crippen molar-refractivity contribution < 1.29 is 9.90 Å². The van der Waals surface area contributed by atoms with E-state index >= 15 is 0 Å². The summed E-state index contributed by atoms with van der Waals surface area (Å²) in [7, 11) is 0. The van der Waals surface area contributed by atoms with Crippen molar-refractivity contribution in [3.63, 3.8) is 0 Å². The summed E-state index contributed by atoms with van der Waals surface area (Å²) in [4.78, 5) is 10.8. The van der Waals surface area contributed by atoms with Crippen molar-refractivity contribution in [1.29, 1.82) is 0 Å². The average molecular weight is 187 g/mol. The van der Waals surface area contributed by atoms with Gasteiger partial charge in [0.05, 0.1) is 0 Å². The average Bonchev–Trinajstić information content (AvgIpc) is 1.99. The number of carboxylic acids is 1. The summed E-state index contributed by atoms with van der Waals surface area (Å²) in [5.74, 6) is -0.859. The fraction of sp³-hybridized carbons (Fsp3) is 0.700. The smallest absolute Gasteiger partial charge is 0.0476 e. The Kier molecular flexibility index (Phi) is 6.50. The Morgan fingerprint density at radius 1 is 1.62 bits per heavy atom. The second-order valence-corrected chi connectivity index (χ2v) is 3.69. The molecule has 0 bridgehead atoms. The first kappa shape index (κ1) is 14.7. The molecular weight excluding hydrogens is 166 g/mol. The topological polar surface area (TPSA) is 76.6 Å². The minimum absolute atomic E-state index is 0. The maximum Gasteiger partial charge on any atom is 0.0476 e. The number of quaternary nitrogens is 1. The molecule has 0 aliphatic rings. The molecule has 0 aromatic rings. The first-order chi connectivity index (χ1) is 5.45. The van der Waals surface area contributed by atoms with Crippen LogP contribution in [0, 0.1) is 11.3 Å². The molecule has 13 heavy (non-hydrogen) atoms. The van der Waals surface area contributed by atoms with Crippen LogP contribution in [0.1, 0.15) is 33.6 Å². The van der Waals surface area contributed by atoms with Crippen molar-refractivity contribution in [1.82, 2.24) is 6.15 Å². The van der Waals surface area contributed by atoms with Gasteiger partial charge in [-0.05, 0) is 18.8 Å². The lowest BCUT2D eigenvalue weighted by Crippen LogP contribution is -2.43. The monoisotopic (exact) mass is 187 g/mol. The maximum absolute atomic E-state index is 10.8. The van der Waals surface area contributed by atoms with Gasteiger partial charge in [-0.25, -0.2) is 0 Å². The molecule has 0 aromatic carbocycles. The van der Waals surface area contributed by atoms with E-state index in [1.54, 1.807) is 13.0 Å². The maximum atomic E-state index is 10.8. The second-order valence-electron chi connectivity index (χ2n) is 3.69. The highest BCUT2D eigenvalue weighted by Crippen LogP contribution is 2.31. The fourth-order valence-electron chi connectivity index (χ4n) is 1.03. The third-order valence-corrected chi connectivity index (χ3v) is 2.61. The molecule has 0 spiro atoms. The molecule has 3 heteroatoms. The largest absolute Gasteiger partial charge is 0.550 e. The minimum atomic E-state index is -0.959. The first-order valence-corrected chi connectivity index (χ1v) is 4.27. The van der Waals surface area contributed by atoms with E-state index in [4.69, 9.17) is 0 Å². The van der Waals surface area contributed by atoms with Crippen molar-refractivity contribution in [2.24, 2.45) is 11.3 Å². The predicted molar refractivity (Wildman–Crippen MR) is 53.4 cm³/mol. The van der Waals surface area contributed by atoms with Crippen LogP contribution in [-0.4, -0.2) is 5.97 Å². The first-order valence-electron chi connectivity index (χ1n) is 4.27.